The number of hydrogen-bond donors (Lipinski definition) is 1. The van der Waals surface area contributed by atoms with Crippen LogP contribution in [0.25, 0.3) is 11.4 Å². The van der Waals surface area contributed by atoms with Gasteiger partial charge in [-0.15, -0.1) is 5.10 Å². The third kappa shape index (κ3) is 3.16. The van der Waals surface area contributed by atoms with Crippen LogP contribution in [0.4, 0.5) is 0 Å². The molecule has 0 saturated carbocycles. The van der Waals surface area contributed by atoms with E-state index in [1.165, 1.54) is 0 Å². The molecular formula is C26H20N4O. The number of hydrogen-bond acceptors (Lipinski definition) is 4. The highest BCUT2D eigenvalue weighted by Crippen LogP contribution is 2.42. The highest BCUT2D eigenvalue weighted by atomic mass is 16.3. The monoisotopic (exact) mass is 404 g/mol. The van der Waals surface area contributed by atoms with E-state index in [-0.39, 0.29) is 5.75 Å². The molecule has 0 amide bonds. The molecule has 0 fully saturated rings. The first-order chi connectivity index (χ1) is 15.3. The minimum absolute atomic E-state index is 0.197. The quantitative estimate of drug-likeness (QED) is 0.424. The summed E-state index contributed by atoms with van der Waals surface area (Å²) in [5.74, 6) is 0.805. The zero-order valence-corrected chi connectivity index (χ0v) is 16.7. The molecule has 0 aliphatic carbocycles. The molecule has 0 spiro atoms. The Kier molecular flexibility index (Phi) is 4.77. The van der Waals surface area contributed by atoms with Gasteiger partial charge in [0.1, 0.15) is 11.3 Å². The van der Waals surface area contributed by atoms with E-state index in [1.807, 2.05) is 71.4 Å². The standard InChI is InChI=1S/C26H20N4O/c31-24-18-16-20(17-19-24)25-27-28-29-30(25)26(21-10-4-1-5-11-21,22-12-6-2-7-13-22)23-14-8-3-9-15-23/h1-19,31H. The van der Waals surface area contributed by atoms with Gasteiger partial charge in [-0.05, 0) is 51.4 Å². The smallest absolute Gasteiger partial charge is 0.183 e. The SMILES string of the molecule is Oc1ccc(-c2nnnn2C(c2ccccc2)(c2ccccc2)c2ccccc2)cc1. The molecule has 0 radical (unpaired) electrons. The summed E-state index contributed by atoms with van der Waals surface area (Å²) in [6, 6.07) is 37.7. The summed E-state index contributed by atoms with van der Waals surface area (Å²) in [6.07, 6.45) is 0. The first-order valence-corrected chi connectivity index (χ1v) is 10.0. The highest BCUT2D eigenvalue weighted by Gasteiger charge is 2.41. The Morgan fingerprint density at radius 2 is 1.03 bits per heavy atom. The minimum Gasteiger partial charge on any atom is -0.508 e. The lowest BCUT2D eigenvalue weighted by atomic mass is 9.77. The Bertz CT molecular complexity index is 1170. The van der Waals surface area contributed by atoms with Crippen LogP contribution in [0, 0.1) is 0 Å². The van der Waals surface area contributed by atoms with Crippen LogP contribution in [-0.4, -0.2) is 25.3 Å². The van der Waals surface area contributed by atoms with Gasteiger partial charge in [0.05, 0.1) is 0 Å². The molecule has 1 N–H and O–H groups in total. The second-order valence-electron chi connectivity index (χ2n) is 7.27. The molecule has 0 atom stereocenters. The maximum atomic E-state index is 9.76. The number of phenols is 1. The fraction of sp³-hybridized carbons (Fsp3) is 0.0385. The van der Waals surface area contributed by atoms with E-state index in [9.17, 15) is 5.11 Å². The van der Waals surface area contributed by atoms with Crippen LogP contribution in [0.2, 0.25) is 0 Å². The molecular weight excluding hydrogens is 384 g/mol. The number of benzene rings is 4. The molecule has 0 saturated heterocycles. The van der Waals surface area contributed by atoms with Gasteiger partial charge < -0.3 is 5.11 Å². The van der Waals surface area contributed by atoms with Crippen LogP contribution in [0.15, 0.2) is 115 Å². The highest BCUT2D eigenvalue weighted by molar-refractivity contribution is 5.60. The van der Waals surface area contributed by atoms with Gasteiger partial charge in [-0.2, -0.15) is 0 Å². The van der Waals surface area contributed by atoms with E-state index < -0.39 is 5.54 Å². The summed E-state index contributed by atoms with van der Waals surface area (Å²) in [7, 11) is 0. The third-order valence-electron chi connectivity index (χ3n) is 5.49. The van der Waals surface area contributed by atoms with Gasteiger partial charge in [-0.1, -0.05) is 91.0 Å². The zero-order chi connectivity index (χ0) is 21.1. The third-order valence-corrected chi connectivity index (χ3v) is 5.49. The number of nitrogens with zero attached hydrogens (tertiary/aromatic N) is 4. The summed E-state index contributed by atoms with van der Waals surface area (Å²) in [6.45, 7) is 0. The zero-order valence-electron chi connectivity index (χ0n) is 16.7. The molecule has 4 aromatic carbocycles. The number of phenolic OH excluding ortho intramolecular Hbond substituents is 1. The van der Waals surface area contributed by atoms with Crippen LogP contribution < -0.4 is 0 Å². The second kappa shape index (κ2) is 7.88. The van der Waals surface area contributed by atoms with E-state index in [0.29, 0.717) is 5.82 Å². The van der Waals surface area contributed by atoms with E-state index in [2.05, 4.69) is 51.9 Å². The van der Waals surface area contributed by atoms with Gasteiger partial charge >= 0.3 is 0 Å². The minimum atomic E-state index is -0.791. The van der Waals surface area contributed by atoms with Crippen molar-refractivity contribution in [2.45, 2.75) is 5.54 Å². The average Bonchev–Trinajstić information content (AvgIpc) is 3.32. The first kappa shape index (κ1) is 18.8. The van der Waals surface area contributed by atoms with Crippen LogP contribution in [-0.2, 0) is 5.54 Å². The van der Waals surface area contributed by atoms with E-state index in [1.54, 1.807) is 12.1 Å². The lowest BCUT2D eigenvalue weighted by Gasteiger charge is -2.36. The number of aromatic nitrogens is 4. The molecule has 150 valence electrons. The van der Waals surface area contributed by atoms with Crippen molar-refractivity contribution in [3.8, 4) is 17.1 Å². The van der Waals surface area contributed by atoms with Gasteiger partial charge in [0.25, 0.3) is 0 Å². The van der Waals surface area contributed by atoms with Crippen molar-refractivity contribution in [3.05, 3.63) is 132 Å². The number of aromatic hydroxyl groups is 1. The molecule has 1 heterocycles. The summed E-state index contributed by atoms with van der Waals surface area (Å²) in [5, 5.41) is 22.7. The predicted octanol–water partition coefficient (Wildman–Crippen LogP) is 4.89. The molecule has 31 heavy (non-hydrogen) atoms. The Hall–Kier alpha value is -4.25. The van der Waals surface area contributed by atoms with Crippen LogP contribution in [0.1, 0.15) is 16.7 Å². The molecule has 5 aromatic rings. The molecule has 0 bridgehead atoms. The van der Waals surface area contributed by atoms with Gasteiger partial charge in [0.15, 0.2) is 5.82 Å². The van der Waals surface area contributed by atoms with Crippen molar-refractivity contribution in [1.82, 2.24) is 20.2 Å². The molecule has 0 unspecified atom stereocenters. The van der Waals surface area contributed by atoms with Crippen molar-refractivity contribution in [1.29, 1.82) is 0 Å². The maximum Gasteiger partial charge on any atom is 0.183 e. The summed E-state index contributed by atoms with van der Waals surface area (Å²) in [4.78, 5) is 0. The first-order valence-electron chi connectivity index (χ1n) is 10.0. The molecule has 5 nitrogen and oxygen atoms in total. The lowest BCUT2D eigenvalue weighted by Crippen LogP contribution is -2.39. The molecule has 5 rings (SSSR count). The predicted molar refractivity (Wildman–Crippen MR) is 120 cm³/mol. The van der Waals surface area contributed by atoms with Crippen LogP contribution >= 0.6 is 0 Å². The summed E-state index contributed by atoms with van der Waals surface area (Å²) in [5.41, 5.74) is 3.15. The normalized spacial score (nSPS) is 11.4. The van der Waals surface area contributed by atoms with Gasteiger partial charge in [-0.3, -0.25) is 0 Å². The van der Waals surface area contributed by atoms with Crippen molar-refractivity contribution in [2.75, 3.05) is 0 Å². The van der Waals surface area contributed by atoms with Crippen molar-refractivity contribution >= 4 is 0 Å². The molecule has 0 aliphatic heterocycles. The Morgan fingerprint density at radius 1 is 0.581 bits per heavy atom. The van der Waals surface area contributed by atoms with Crippen LogP contribution in [0.5, 0.6) is 5.75 Å². The Balaban J connectivity index is 1.89. The summed E-state index contributed by atoms with van der Waals surface area (Å²) < 4.78 is 1.87. The van der Waals surface area contributed by atoms with Crippen molar-refractivity contribution in [2.24, 2.45) is 0 Å². The van der Waals surface area contributed by atoms with E-state index in [4.69, 9.17) is 0 Å². The lowest BCUT2D eigenvalue weighted by molar-refractivity contribution is 0.451. The topological polar surface area (TPSA) is 63.8 Å². The molecule has 1 aromatic heterocycles. The van der Waals surface area contributed by atoms with Crippen LogP contribution in [0.3, 0.4) is 0 Å². The largest absolute Gasteiger partial charge is 0.508 e. The Morgan fingerprint density at radius 3 is 1.48 bits per heavy atom. The van der Waals surface area contributed by atoms with Gasteiger partial charge in [-0.25, -0.2) is 4.68 Å². The second-order valence-corrected chi connectivity index (χ2v) is 7.27. The maximum absolute atomic E-state index is 9.76. The molecule has 5 heteroatoms. The number of rotatable bonds is 5. The fourth-order valence-corrected chi connectivity index (χ4v) is 4.11. The molecule has 0 aliphatic rings. The van der Waals surface area contributed by atoms with Gasteiger partial charge in [0.2, 0.25) is 0 Å². The van der Waals surface area contributed by atoms with Gasteiger partial charge in [0, 0.05) is 5.56 Å². The van der Waals surface area contributed by atoms with E-state index in [0.717, 1.165) is 22.3 Å². The Labute approximate surface area is 180 Å². The van der Waals surface area contributed by atoms with Crippen molar-refractivity contribution < 1.29 is 5.11 Å². The van der Waals surface area contributed by atoms with Crippen molar-refractivity contribution in [3.63, 3.8) is 0 Å². The van der Waals surface area contributed by atoms with E-state index >= 15 is 0 Å². The number of tetrazole rings is 1. The summed E-state index contributed by atoms with van der Waals surface area (Å²) >= 11 is 0. The fourth-order valence-electron chi connectivity index (χ4n) is 4.11. The average molecular weight is 404 g/mol.